The first-order valence-corrected chi connectivity index (χ1v) is 8.63. The standard InChI is InChI=1S/C19H21NO.C2H6/c1-4-14-5-6-16-12-20(19(21)18(16)11-14)17-9-7-15(8-10-17)13(2)3;1-2/h5-11,13H,4,12H2,1-3H3;1-2H3. The molecule has 0 aromatic heterocycles. The van der Waals surface area contributed by atoms with E-state index in [4.69, 9.17) is 0 Å². The van der Waals surface area contributed by atoms with Gasteiger partial charge in [-0.25, -0.2) is 0 Å². The van der Waals surface area contributed by atoms with E-state index in [1.807, 2.05) is 24.8 Å². The lowest BCUT2D eigenvalue weighted by molar-refractivity contribution is 0.0996. The molecule has 1 aliphatic heterocycles. The summed E-state index contributed by atoms with van der Waals surface area (Å²) in [6, 6.07) is 14.6. The maximum atomic E-state index is 12.6. The average Bonchev–Trinajstić information content (AvgIpc) is 2.93. The van der Waals surface area contributed by atoms with E-state index < -0.39 is 0 Å². The molecular formula is C21H27NO. The number of aryl methyl sites for hydroxylation is 1. The molecule has 0 bridgehead atoms. The molecule has 3 rings (SSSR count). The Labute approximate surface area is 140 Å². The van der Waals surface area contributed by atoms with E-state index in [1.165, 1.54) is 11.1 Å². The highest BCUT2D eigenvalue weighted by atomic mass is 16.2. The fourth-order valence-electron chi connectivity index (χ4n) is 2.82. The summed E-state index contributed by atoms with van der Waals surface area (Å²) in [5.41, 5.74) is 5.50. The van der Waals surface area contributed by atoms with Gasteiger partial charge in [0.1, 0.15) is 0 Å². The molecule has 2 nitrogen and oxygen atoms in total. The van der Waals surface area contributed by atoms with Crippen molar-refractivity contribution in [3.8, 4) is 0 Å². The molecule has 0 N–H and O–H groups in total. The fourth-order valence-corrected chi connectivity index (χ4v) is 2.82. The molecule has 2 aromatic rings. The number of hydrogen-bond acceptors (Lipinski definition) is 1. The Kier molecular flexibility index (Phi) is 5.59. The highest BCUT2D eigenvalue weighted by Crippen LogP contribution is 2.30. The van der Waals surface area contributed by atoms with E-state index in [-0.39, 0.29) is 5.91 Å². The molecule has 0 fully saturated rings. The highest BCUT2D eigenvalue weighted by molar-refractivity contribution is 6.10. The van der Waals surface area contributed by atoms with Crippen molar-refractivity contribution in [2.24, 2.45) is 0 Å². The van der Waals surface area contributed by atoms with Gasteiger partial charge in [0.15, 0.2) is 0 Å². The number of anilines is 1. The summed E-state index contributed by atoms with van der Waals surface area (Å²) in [4.78, 5) is 14.5. The minimum Gasteiger partial charge on any atom is -0.304 e. The lowest BCUT2D eigenvalue weighted by Crippen LogP contribution is -2.22. The molecular weight excluding hydrogens is 282 g/mol. The molecule has 23 heavy (non-hydrogen) atoms. The number of carbonyl (C=O) groups excluding carboxylic acids is 1. The molecule has 0 atom stereocenters. The summed E-state index contributed by atoms with van der Waals surface area (Å²) in [6.45, 7) is 11.2. The number of hydrogen-bond donors (Lipinski definition) is 0. The zero-order valence-electron chi connectivity index (χ0n) is 14.9. The van der Waals surface area contributed by atoms with Gasteiger partial charge in [0.05, 0.1) is 6.54 Å². The lowest BCUT2D eigenvalue weighted by Gasteiger charge is -2.16. The molecule has 2 heteroatoms. The summed E-state index contributed by atoms with van der Waals surface area (Å²) in [5, 5.41) is 0. The zero-order chi connectivity index (χ0) is 17.0. The van der Waals surface area contributed by atoms with Crippen molar-refractivity contribution in [2.75, 3.05) is 4.90 Å². The molecule has 0 saturated carbocycles. The summed E-state index contributed by atoms with van der Waals surface area (Å²) in [6.07, 6.45) is 0.962. The third kappa shape index (κ3) is 3.47. The van der Waals surface area contributed by atoms with E-state index in [2.05, 4.69) is 57.2 Å². The van der Waals surface area contributed by atoms with Crippen molar-refractivity contribution in [1.29, 1.82) is 0 Å². The van der Waals surface area contributed by atoms with Crippen molar-refractivity contribution >= 4 is 11.6 Å². The van der Waals surface area contributed by atoms with Crippen molar-refractivity contribution in [3.05, 3.63) is 64.7 Å². The van der Waals surface area contributed by atoms with Crippen LogP contribution in [-0.2, 0) is 13.0 Å². The molecule has 2 aromatic carbocycles. The van der Waals surface area contributed by atoms with Gasteiger partial charge in [0.2, 0.25) is 0 Å². The Hall–Kier alpha value is -2.09. The molecule has 122 valence electrons. The van der Waals surface area contributed by atoms with Crippen LogP contribution in [-0.4, -0.2) is 5.91 Å². The van der Waals surface area contributed by atoms with E-state index in [9.17, 15) is 4.79 Å². The summed E-state index contributed by atoms with van der Waals surface area (Å²) in [7, 11) is 0. The van der Waals surface area contributed by atoms with Crippen LogP contribution in [0.15, 0.2) is 42.5 Å². The summed E-state index contributed by atoms with van der Waals surface area (Å²) < 4.78 is 0. The van der Waals surface area contributed by atoms with Crippen molar-refractivity contribution in [2.45, 2.75) is 53.5 Å². The number of nitrogens with zero attached hydrogens (tertiary/aromatic N) is 1. The van der Waals surface area contributed by atoms with Crippen LogP contribution in [0, 0.1) is 0 Å². The van der Waals surface area contributed by atoms with E-state index in [1.54, 1.807) is 0 Å². The van der Waals surface area contributed by atoms with E-state index in [0.717, 1.165) is 23.2 Å². The Morgan fingerprint density at radius 2 is 1.70 bits per heavy atom. The van der Waals surface area contributed by atoms with Gasteiger partial charge >= 0.3 is 0 Å². The Morgan fingerprint density at radius 3 is 2.26 bits per heavy atom. The molecule has 1 amide bonds. The molecule has 1 aliphatic rings. The van der Waals surface area contributed by atoms with Gasteiger partial charge < -0.3 is 4.90 Å². The SMILES string of the molecule is CC.CCc1ccc2c(c1)C(=O)N(c1ccc(C(C)C)cc1)C2. The number of amides is 1. The van der Waals surface area contributed by atoms with Crippen LogP contribution in [0.4, 0.5) is 5.69 Å². The van der Waals surface area contributed by atoms with Gasteiger partial charge in [0.25, 0.3) is 5.91 Å². The molecule has 0 saturated heterocycles. The number of carbonyl (C=O) groups is 1. The first-order valence-electron chi connectivity index (χ1n) is 8.63. The third-order valence-corrected chi connectivity index (χ3v) is 4.26. The van der Waals surface area contributed by atoms with Crippen LogP contribution in [0.3, 0.4) is 0 Å². The molecule has 0 spiro atoms. The maximum absolute atomic E-state index is 12.6. The van der Waals surface area contributed by atoms with Crippen LogP contribution in [0.25, 0.3) is 0 Å². The van der Waals surface area contributed by atoms with Crippen LogP contribution in [0.2, 0.25) is 0 Å². The Balaban J connectivity index is 0.000000924. The normalized spacial score (nSPS) is 13.0. The van der Waals surface area contributed by atoms with Gasteiger partial charge in [-0.15, -0.1) is 0 Å². The van der Waals surface area contributed by atoms with Crippen molar-refractivity contribution in [3.63, 3.8) is 0 Å². The molecule has 0 radical (unpaired) electrons. The topological polar surface area (TPSA) is 20.3 Å². The van der Waals surface area contributed by atoms with Gasteiger partial charge in [-0.1, -0.05) is 58.9 Å². The van der Waals surface area contributed by atoms with E-state index in [0.29, 0.717) is 12.5 Å². The predicted molar refractivity (Wildman–Crippen MR) is 98.2 cm³/mol. The first kappa shape index (κ1) is 17.3. The quantitative estimate of drug-likeness (QED) is 0.727. The lowest BCUT2D eigenvalue weighted by atomic mass is 10.0. The smallest absolute Gasteiger partial charge is 0.258 e. The fraction of sp³-hybridized carbons (Fsp3) is 0.381. The minimum absolute atomic E-state index is 0.123. The van der Waals surface area contributed by atoms with Gasteiger partial charge in [-0.3, -0.25) is 4.79 Å². The average molecular weight is 309 g/mol. The Morgan fingerprint density at radius 1 is 1.04 bits per heavy atom. The summed E-state index contributed by atoms with van der Waals surface area (Å²) >= 11 is 0. The van der Waals surface area contributed by atoms with Crippen LogP contribution in [0.5, 0.6) is 0 Å². The second-order valence-corrected chi connectivity index (χ2v) is 5.98. The van der Waals surface area contributed by atoms with E-state index >= 15 is 0 Å². The Bertz CT molecular complexity index is 671. The number of rotatable bonds is 3. The maximum Gasteiger partial charge on any atom is 0.258 e. The van der Waals surface area contributed by atoms with Gasteiger partial charge in [-0.05, 0) is 47.2 Å². The zero-order valence-corrected chi connectivity index (χ0v) is 14.9. The second kappa shape index (κ2) is 7.45. The van der Waals surface area contributed by atoms with Gasteiger partial charge in [0, 0.05) is 11.3 Å². The molecule has 1 heterocycles. The summed E-state index contributed by atoms with van der Waals surface area (Å²) in [5.74, 6) is 0.634. The third-order valence-electron chi connectivity index (χ3n) is 4.26. The molecule has 0 unspecified atom stereocenters. The largest absolute Gasteiger partial charge is 0.304 e. The van der Waals surface area contributed by atoms with Gasteiger partial charge in [-0.2, -0.15) is 0 Å². The number of benzene rings is 2. The second-order valence-electron chi connectivity index (χ2n) is 5.98. The molecule has 0 aliphatic carbocycles. The van der Waals surface area contributed by atoms with Crippen molar-refractivity contribution in [1.82, 2.24) is 0 Å². The minimum atomic E-state index is 0.123. The monoisotopic (exact) mass is 309 g/mol. The number of fused-ring (bicyclic) bond motifs is 1. The van der Waals surface area contributed by atoms with Crippen LogP contribution >= 0.6 is 0 Å². The van der Waals surface area contributed by atoms with Crippen LogP contribution < -0.4 is 4.90 Å². The van der Waals surface area contributed by atoms with Crippen molar-refractivity contribution < 1.29 is 4.79 Å². The predicted octanol–water partition coefficient (Wildman–Crippen LogP) is 5.56. The first-order chi connectivity index (χ1) is 11.1. The highest BCUT2D eigenvalue weighted by Gasteiger charge is 2.28. The van der Waals surface area contributed by atoms with Crippen LogP contribution in [0.1, 0.15) is 67.6 Å².